The predicted octanol–water partition coefficient (Wildman–Crippen LogP) is 13.8. The number of rotatable bonds is 16. The molecule has 3 aromatic heterocycles. The van der Waals surface area contributed by atoms with Crippen molar-refractivity contribution in [2.75, 3.05) is 19.6 Å². The average molecular weight is 1040 g/mol. The molecule has 0 bridgehead atoms. The van der Waals surface area contributed by atoms with E-state index in [1.807, 2.05) is 97.2 Å². The summed E-state index contributed by atoms with van der Waals surface area (Å²) in [5.74, 6) is 2.32. The van der Waals surface area contributed by atoms with Crippen LogP contribution in [0.3, 0.4) is 0 Å². The Kier molecular flexibility index (Phi) is 14.9. The van der Waals surface area contributed by atoms with Gasteiger partial charge in [0, 0.05) is 69.9 Å². The quantitative estimate of drug-likeness (QED) is 0.0873. The third-order valence-electron chi connectivity index (χ3n) is 15.1. The van der Waals surface area contributed by atoms with Gasteiger partial charge >= 0.3 is 0 Å². The molecule has 0 saturated heterocycles. The second-order valence-electron chi connectivity index (χ2n) is 19.9. The zero-order chi connectivity index (χ0) is 51.2. The van der Waals surface area contributed by atoms with E-state index >= 15 is 0 Å². The van der Waals surface area contributed by atoms with Crippen LogP contribution in [0.2, 0.25) is 10.0 Å². The van der Waals surface area contributed by atoms with Crippen LogP contribution in [-0.2, 0) is 45.6 Å². The van der Waals surface area contributed by atoms with Gasteiger partial charge in [0.2, 0.25) is 0 Å². The highest BCUT2D eigenvalue weighted by Crippen LogP contribution is 2.47. The van der Waals surface area contributed by atoms with Crippen LogP contribution in [0.1, 0.15) is 80.4 Å². The number of nitrogens with zero attached hydrogens (tertiary/aromatic N) is 3. The normalized spacial score (nSPS) is 16.2. The minimum Gasteiger partial charge on any atom is -0.487 e. The first kappa shape index (κ1) is 49.5. The molecule has 0 radical (unpaired) electrons. The molecule has 3 atom stereocenters. The van der Waals surface area contributed by atoms with Crippen LogP contribution in [0.25, 0.3) is 33.4 Å². The number of pyridine rings is 3. The van der Waals surface area contributed by atoms with Crippen molar-refractivity contribution in [3.8, 4) is 50.6 Å². The molecule has 3 N–H and O–H groups in total. The minimum absolute atomic E-state index is 0.00744. The zero-order valence-corrected chi connectivity index (χ0v) is 43.7. The van der Waals surface area contributed by atoms with E-state index in [1.165, 1.54) is 38.9 Å². The molecular formula is C65H58Cl2N6O3. The van der Waals surface area contributed by atoms with Crippen molar-refractivity contribution in [1.82, 2.24) is 30.9 Å². The Hall–Kier alpha value is -7.37. The number of nitrogens with one attached hydrogen (secondary N) is 3. The molecule has 3 unspecified atom stereocenters. The Balaban J connectivity index is 0.960. The van der Waals surface area contributed by atoms with E-state index in [2.05, 4.69) is 104 Å². The molecule has 9 aromatic rings. The number of hydrogen-bond acceptors (Lipinski definition) is 9. The summed E-state index contributed by atoms with van der Waals surface area (Å²) in [6, 6.07) is 56.9. The summed E-state index contributed by atoms with van der Waals surface area (Å²) in [6.07, 6.45) is 9.04. The molecule has 0 saturated carbocycles. The summed E-state index contributed by atoms with van der Waals surface area (Å²) in [4.78, 5) is 13.6. The number of fused-ring (bicyclic) bond motifs is 3. The lowest BCUT2D eigenvalue weighted by atomic mass is 9.76. The smallest absolute Gasteiger partial charge is 0.130 e. The molecule has 0 spiro atoms. The van der Waals surface area contributed by atoms with Gasteiger partial charge in [-0.2, -0.15) is 0 Å². The van der Waals surface area contributed by atoms with Gasteiger partial charge in [-0.25, -0.2) is 0 Å². The van der Waals surface area contributed by atoms with Crippen LogP contribution in [-0.4, -0.2) is 34.6 Å². The van der Waals surface area contributed by atoms with Gasteiger partial charge in [0.1, 0.15) is 37.1 Å². The van der Waals surface area contributed by atoms with Crippen LogP contribution in [0.4, 0.5) is 0 Å². The van der Waals surface area contributed by atoms with Crippen molar-refractivity contribution in [1.29, 1.82) is 0 Å². The topological polar surface area (TPSA) is 102 Å². The number of halogens is 2. The lowest BCUT2D eigenvalue weighted by Gasteiger charge is -2.38. The summed E-state index contributed by atoms with van der Waals surface area (Å²) in [5, 5.41) is 13.0. The molecule has 76 heavy (non-hydrogen) atoms. The van der Waals surface area contributed by atoms with Crippen LogP contribution in [0.15, 0.2) is 182 Å². The Morgan fingerprint density at radius 2 is 0.961 bits per heavy atom. The molecule has 0 amide bonds. The van der Waals surface area contributed by atoms with Gasteiger partial charge < -0.3 is 30.2 Å². The first-order valence-corrected chi connectivity index (χ1v) is 27.1. The molecule has 12 rings (SSSR count). The highest BCUT2D eigenvalue weighted by Gasteiger charge is 2.34. The number of hydrogen-bond donors (Lipinski definition) is 3. The molecule has 3 aliphatic rings. The SMILES string of the molecule is Clc1ccc(OCc2ccccn2)c(-c2ccc3c(c2)C(CC(c2ccc(OCc4ccccn4)c(-c4ccc5c(c4)CNCC5)c2)C2NCCc4ccc(-c5cc(Cl)ccc5OCc5ccccn5)cc42)NCC3)c1. The second-order valence-corrected chi connectivity index (χ2v) is 20.8. The van der Waals surface area contributed by atoms with Gasteiger partial charge in [0.25, 0.3) is 0 Å². The lowest BCUT2D eigenvalue weighted by Crippen LogP contribution is -2.37. The molecule has 3 aliphatic heterocycles. The van der Waals surface area contributed by atoms with E-state index < -0.39 is 0 Å². The Morgan fingerprint density at radius 3 is 1.54 bits per heavy atom. The van der Waals surface area contributed by atoms with Gasteiger partial charge in [0.15, 0.2) is 0 Å². The minimum atomic E-state index is -0.0588. The van der Waals surface area contributed by atoms with E-state index in [4.69, 9.17) is 37.4 Å². The largest absolute Gasteiger partial charge is 0.487 e. The first-order chi connectivity index (χ1) is 37.5. The second kappa shape index (κ2) is 22.8. The van der Waals surface area contributed by atoms with Crippen LogP contribution in [0.5, 0.6) is 17.2 Å². The molecule has 0 aliphatic carbocycles. The van der Waals surface area contributed by atoms with Crippen LogP contribution < -0.4 is 30.2 Å². The molecule has 380 valence electrons. The number of aromatic nitrogens is 3. The van der Waals surface area contributed by atoms with E-state index in [9.17, 15) is 0 Å². The average Bonchev–Trinajstić information content (AvgIpc) is 3.51. The highest BCUT2D eigenvalue weighted by molar-refractivity contribution is 6.31. The fourth-order valence-electron chi connectivity index (χ4n) is 11.2. The molecule has 6 aromatic carbocycles. The van der Waals surface area contributed by atoms with Crippen molar-refractivity contribution in [2.24, 2.45) is 0 Å². The van der Waals surface area contributed by atoms with Crippen molar-refractivity contribution >= 4 is 23.2 Å². The number of ether oxygens (including phenoxy) is 3. The fourth-order valence-corrected chi connectivity index (χ4v) is 11.6. The van der Waals surface area contributed by atoms with E-state index in [0.29, 0.717) is 29.9 Å². The van der Waals surface area contributed by atoms with Crippen molar-refractivity contribution in [2.45, 2.75) is 70.1 Å². The van der Waals surface area contributed by atoms with Crippen LogP contribution >= 0.6 is 23.2 Å². The molecule has 0 fully saturated rings. The highest BCUT2D eigenvalue weighted by atomic mass is 35.5. The molecule has 9 nitrogen and oxygen atoms in total. The maximum Gasteiger partial charge on any atom is 0.130 e. The maximum atomic E-state index is 6.80. The molecule has 6 heterocycles. The van der Waals surface area contributed by atoms with Crippen molar-refractivity contribution in [3.05, 3.63) is 248 Å². The Labute approximate surface area is 454 Å². The first-order valence-electron chi connectivity index (χ1n) is 26.3. The summed E-state index contributed by atoms with van der Waals surface area (Å²) in [6.45, 7) is 4.57. The van der Waals surface area contributed by atoms with E-state index in [1.54, 1.807) is 12.4 Å². The summed E-state index contributed by atoms with van der Waals surface area (Å²) >= 11 is 13.6. The zero-order valence-electron chi connectivity index (χ0n) is 42.2. The predicted molar refractivity (Wildman–Crippen MR) is 303 cm³/mol. The summed E-state index contributed by atoms with van der Waals surface area (Å²) < 4.78 is 19.7. The Morgan fingerprint density at radius 1 is 0.461 bits per heavy atom. The fraction of sp³-hybridized carbons (Fsp3) is 0.215. The third-order valence-corrected chi connectivity index (χ3v) is 15.6. The van der Waals surface area contributed by atoms with Gasteiger partial charge in [-0.05, 0) is 204 Å². The van der Waals surface area contributed by atoms with Crippen LogP contribution in [0, 0.1) is 0 Å². The monoisotopic (exact) mass is 1040 g/mol. The summed E-state index contributed by atoms with van der Waals surface area (Å²) in [5.41, 5.74) is 17.9. The maximum absolute atomic E-state index is 6.80. The van der Waals surface area contributed by atoms with Gasteiger partial charge in [-0.15, -0.1) is 0 Å². The summed E-state index contributed by atoms with van der Waals surface area (Å²) in [7, 11) is 0. The van der Waals surface area contributed by atoms with Crippen molar-refractivity contribution < 1.29 is 14.2 Å². The number of benzene rings is 6. The van der Waals surface area contributed by atoms with Gasteiger partial charge in [-0.3, -0.25) is 15.0 Å². The Bertz CT molecular complexity index is 3490. The lowest BCUT2D eigenvalue weighted by molar-refractivity contribution is 0.302. The third kappa shape index (κ3) is 11.1. The van der Waals surface area contributed by atoms with Gasteiger partial charge in [0.05, 0.1) is 17.1 Å². The molecule has 11 heteroatoms. The molecular weight excluding hydrogens is 984 g/mol. The van der Waals surface area contributed by atoms with Gasteiger partial charge in [-0.1, -0.05) is 83.9 Å². The standard InChI is InChI=1S/C65H58Cl2N6O3/c66-50-17-20-63(75-40-53-8-2-5-26-70-53)57(35-50)46-14-11-43-23-29-72-61(55(43)32-46)37-60(48-16-19-62(74-39-52-7-1-4-25-69-52)56(33-48)45-13-10-42-22-28-68-38-49(42)31-45)65-59-34-47(15-12-44(59)24-30-73-65)58-36-51(67)18-21-64(58)76-41-54-9-3-6-27-71-54/h1-21,25-27,31-36,60-61,65,68,72-73H,22-24,28-30,37-41H2. The van der Waals surface area contributed by atoms with E-state index in [-0.39, 0.29) is 18.0 Å². The van der Waals surface area contributed by atoms with E-state index in [0.717, 1.165) is 120 Å². The van der Waals surface area contributed by atoms with Crippen molar-refractivity contribution in [3.63, 3.8) is 0 Å².